The number of rotatable bonds is 9. The average Bonchev–Trinajstić information content (AvgIpc) is 3.31. The monoisotopic (exact) mass is 531 g/mol. The molecule has 36 heavy (non-hydrogen) atoms. The highest BCUT2D eigenvalue weighted by atomic mass is 32.2. The highest BCUT2D eigenvalue weighted by Crippen LogP contribution is 2.33. The van der Waals surface area contributed by atoms with Gasteiger partial charge in [-0.2, -0.15) is 17.5 Å². The lowest BCUT2D eigenvalue weighted by molar-refractivity contribution is -0.138. The van der Waals surface area contributed by atoms with Gasteiger partial charge < -0.3 is 10.2 Å². The molecule has 1 amide bonds. The predicted octanol–water partition coefficient (Wildman–Crippen LogP) is 5.04. The van der Waals surface area contributed by atoms with Crippen LogP contribution in [0.3, 0.4) is 0 Å². The highest BCUT2D eigenvalue weighted by molar-refractivity contribution is 7.89. The van der Waals surface area contributed by atoms with Crippen LogP contribution in [0.25, 0.3) is 0 Å². The molecule has 1 saturated heterocycles. The van der Waals surface area contributed by atoms with Gasteiger partial charge in [-0.05, 0) is 70.1 Å². The molecule has 0 aromatic heterocycles. The van der Waals surface area contributed by atoms with Gasteiger partial charge in [-0.1, -0.05) is 32.8 Å². The van der Waals surface area contributed by atoms with Crippen molar-refractivity contribution < 1.29 is 26.4 Å². The molecular weight excluding hydrogens is 491 g/mol. The Morgan fingerprint density at radius 2 is 1.69 bits per heavy atom. The molecule has 1 aliphatic heterocycles. The highest BCUT2D eigenvalue weighted by Gasteiger charge is 2.39. The van der Waals surface area contributed by atoms with Crippen LogP contribution in [0.2, 0.25) is 0 Å². The normalized spacial score (nSPS) is 19.6. The minimum atomic E-state index is -4.63. The van der Waals surface area contributed by atoms with Crippen LogP contribution < -0.4 is 5.32 Å². The first-order chi connectivity index (χ1) is 16.8. The molecule has 204 valence electrons. The van der Waals surface area contributed by atoms with Gasteiger partial charge in [0.05, 0.1) is 16.5 Å². The van der Waals surface area contributed by atoms with Crippen molar-refractivity contribution in [1.82, 2.24) is 14.5 Å². The summed E-state index contributed by atoms with van der Waals surface area (Å²) in [6.45, 7) is 8.50. The van der Waals surface area contributed by atoms with Crippen molar-refractivity contribution in [3.8, 4) is 0 Å². The summed E-state index contributed by atoms with van der Waals surface area (Å²) in [5.74, 6) is 0.422. The third-order valence-corrected chi connectivity index (χ3v) is 9.30. The Morgan fingerprint density at radius 3 is 2.22 bits per heavy atom. The Bertz CT molecular complexity index is 984. The van der Waals surface area contributed by atoms with Crippen molar-refractivity contribution >= 4 is 15.9 Å². The SMILES string of the molecule is CC(C)C[C@H](NC1CCCC1)C(=O)N1CCC(N(C(C)C)S(=O)(=O)c2cccc(C(F)(F)F)c2)CC1. The first kappa shape index (κ1) is 28.9. The minimum Gasteiger partial charge on any atom is -0.341 e. The fourth-order valence-electron chi connectivity index (χ4n) is 5.50. The number of likely N-dealkylation sites (tertiary alicyclic amines) is 1. The van der Waals surface area contributed by atoms with E-state index in [0.29, 0.717) is 44.0 Å². The molecule has 1 saturated carbocycles. The lowest BCUT2D eigenvalue weighted by atomic mass is 9.98. The first-order valence-corrected chi connectivity index (χ1v) is 14.5. The number of halogens is 3. The standard InChI is InChI=1S/C26H40F3N3O3S/c1-18(2)16-24(30-21-9-5-6-10-21)25(33)31-14-12-22(13-15-31)32(19(3)4)36(34,35)23-11-7-8-20(17-23)26(27,28)29/h7-8,11,17-19,21-22,24,30H,5-6,9-10,12-16H2,1-4H3/t24-/m0/s1. The Kier molecular flexibility index (Phi) is 9.49. The summed E-state index contributed by atoms with van der Waals surface area (Å²) >= 11 is 0. The van der Waals surface area contributed by atoms with Crippen molar-refractivity contribution in [3.63, 3.8) is 0 Å². The molecule has 0 radical (unpaired) electrons. The molecule has 0 spiro atoms. The fourth-order valence-corrected chi connectivity index (χ4v) is 7.43. The molecule has 2 aliphatic rings. The number of alkyl halides is 3. The van der Waals surface area contributed by atoms with E-state index in [2.05, 4.69) is 19.2 Å². The van der Waals surface area contributed by atoms with Crippen molar-refractivity contribution in [1.29, 1.82) is 0 Å². The lowest BCUT2D eigenvalue weighted by Gasteiger charge is -2.41. The van der Waals surface area contributed by atoms with Crippen LogP contribution in [0, 0.1) is 5.92 Å². The number of hydrogen-bond acceptors (Lipinski definition) is 4. The number of nitrogens with zero attached hydrogens (tertiary/aromatic N) is 2. The zero-order valence-corrected chi connectivity index (χ0v) is 22.5. The topological polar surface area (TPSA) is 69.7 Å². The van der Waals surface area contributed by atoms with E-state index in [1.165, 1.54) is 23.2 Å². The van der Waals surface area contributed by atoms with E-state index in [-0.39, 0.29) is 22.9 Å². The van der Waals surface area contributed by atoms with E-state index < -0.39 is 27.8 Å². The van der Waals surface area contributed by atoms with Crippen LogP contribution in [0.1, 0.15) is 78.2 Å². The molecule has 1 aliphatic carbocycles. The van der Waals surface area contributed by atoms with Gasteiger partial charge in [-0.25, -0.2) is 8.42 Å². The van der Waals surface area contributed by atoms with E-state index in [0.717, 1.165) is 31.4 Å². The van der Waals surface area contributed by atoms with Gasteiger partial charge in [0.15, 0.2) is 0 Å². The van der Waals surface area contributed by atoms with Crippen LogP contribution >= 0.6 is 0 Å². The van der Waals surface area contributed by atoms with Crippen molar-refractivity contribution in [2.45, 2.75) is 108 Å². The van der Waals surface area contributed by atoms with Gasteiger partial charge in [0.25, 0.3) is 0 Å². The van der Waals surface area contributed by atoms with Crippen LogP contribution in [-0.4, -0.2) is 60.8 Å². The number of nitrogens with one attached hydrogen (secondary N) is 1. The van der Waals surface area contributed by atoms with Crippen molar-refractivity contribution in [2.24, 2.45) is 5.92 Å². The maximum absolute atomic E-state index is 13.5. The Labute approximate surface area is 213 Å². The van der Waals surface area contributed by atoms with Crippen molar-refractivity contribution in [2.75, 3.05) is 13.1 Å². The average molecular weight is 532 g/mol. The molecule has 1 heterocycles. The maximum atomic E-state index is 13.5. The largest absolute Gasteiger partial charge is 0.416 e. The molecule has 2 fully saturated rings. The molecule has 0 unspecified atom stereocenters. The second-order valence-electron chi connectivity index (χ2n) is 10.8. The van der Waals surface area contributed by atoms with E-state index in [9.17, 15) is 26.4 Å². The first-order valence-electron chi connectivity index (χ1n) is 13.1. The summed E-state index contributed by atoms with van der Waals surface area (Å²) in [7, 11) is -4.15. The van der Waals surface area contributed by atoms with E-state index in [1.807, 2.05) is 4.90 Å². The van der Waals surface area contributed by atoms with E-state index in [4.69, 9.17) is 0 Å². The third kappa shape index (κ3) is 7.01. The summed E-state index contributed by atoms with van der Waals surface area (Å²) in [4.78, 5) is 14.9. The predicted molar refractivity (Wildman–Crippen MR) is 134 cm³/mol. The molecule has 1 N–H and O–H groups in total. The Morgan fingerprint density at radius 1 is 1.08 bits per heavy atom. The fraction of sp³-hybridized carbons (Fsp3) is 0.731. The lowest BCUT2D eigenvalue weighted by Crippen LogP contribution is -2.55. The molecule has 1 aromatic rings. The zero-order valence-electron chi connectivity index (χ0n) is 21.7. The summed E-state index contributed by atoms with van der Waals surface area (Å²) in [5, 5.41) is 3.57. The van der Waals surface area contributed by atoms with Crippen LogP contribution in [-0.2, 0) is 21.0 Å². The van der Waals surface area contributed by atoms with E-state index in [1.54, 1.807) is 13.8 Å². The third-order valence-electron chi connectivity index (χ3n) is 7.18. The molecule has 3 rings (SSSR count). The number of piperidine rings is 1. The smallest absolute Gasteiger partial charge is 0.341 e. The molecule has 10 heteroatoms. The van der Waals surface area contributed by atoms with Gasteiger partial charge in [-0.3, -0.25) is 4.79 Å². The number of sulfonamides is 1. The van der Waals surface area contributed by atoms with Crippen molar-refractivity contribution in [3.05, 3.63) is 29.8 Å². The molecule has 1 aromatic carbocycles. The molecule has 0 bridgehead atoms. The Hall–Kier alpha value is -1.65. The summed E-state index contributed by atoms with van der Waals surface area (Å²) in [6.07, 6.45) is 1.53. The van der Waals surface area contributed by atoms with Crippen LogP contribution in [0.5, 0.6) is 0 Å². The van der Waals surface area contributed by atoms with Gasteiger partial charge in [0, 0.05) is 31.2 Å². The number of benzene rings is 1. The minimum absolute atomic E-state index is 0.0610. The number of carbonyl (C=O) groups is 1. The second kappa shape index (κ2) is 11.8. The summed E-state index contributed by atoms with van der Waals surface area (Å²) in [6, 6.07) is 3.20. The van der Waals surface area contributed by atoms with Crippen LogP contribution in [0.4, 0.5) is 13.2 Å². The number of carbonyl (C=O) groups excluding carboxylic acids is 1. The Balaban J connectivity index is 1.72. The van der Waals surface area contributed by atoms with Gasteiger partial charge in [0.1, 0.15) is 0 Å². The van der Waals surface area contributed by atoms with Gasteiger partial charge >= 0.3 is 6.18 Å². The van der Waals surface area contributed by atoms with Gasteiger partial charge in [0.2, 0.25) is 15.9 Å². The van der Waals surface area contributed by atoms with E-state index >= 15 is 0 Å². The maximum Gasteiger partial charge on any atom is 0.416 e. The number of hydrogen-bond donors (Lipinski definition) is 1. The quantitative estimate of drug-likeness (QED) is 0.485. The zero-order chi connectivity index (χ0) is 26.7. The van der Waals surface area contributed by atoms with Gasteiger partial charge in [-0.15, -0.1) is 0 Å². The molecular formula is C26H40F3N3O3S. The molecule has 1 atom stereocenters. The van der Waals surface area contributed by atoms with Crippen LogP contribution in [0.15, 0.2) is 29.2 Å². The second-order valence-corrected chi connectivity index (χ2v) is 12.7. The summed E-state index contributed by atoms with van der Waals surface area (Å²) in [5.41, 5.74) is -0.987. The summed E-state index contributed by atoms with van der Waals surface area (Å²) < 4.78 is 67.9. The molecule has 6 nitrogen and oxygen atoms in total. The number of amides is 1.